The van der Waals surface area contributed by atoms with Crippen molar-refractivity contribution in [3.05, 3.63) is 73.7 Å². The van der Waals surface area contributed by atoms with Gasteiger partial charge in [0.1, 0.15) is 11.6 Å². The third-order valence-electron chi connectivity index (χ3n) is 6.24. The van der Waals surface area contributed by atoms with E-state index in [-0.39, 0.29) is 12.5 Å². The molecule has 5 rings (SSSR count). The maximum Gasteiger partial charge on any atom is 0.248 e. The zero-order chi connectivity index (χ0) is 25.6. The molecule has 3 N–H and O–H groups in total. The van der Waals surface area contributed by atoms with Crippen molar-refractivity contribution < 1.29 is 9.90 Å². The van der Waals surface area contributed by atoms with Crippen molar-refractivity contribution in [1.82, 2.24) is 24.8 Å². The summed E-state index contributed by atoms with van der Waals surface area (Å²) in [6.45, 7) is 7.95. The summed E-state index contributed by atoms with van der Waals surface area (Å²) in [5.74, 6) is 1.54. The Balaban J connectivity index is 1.31. The molecule has 10 nitrogen and oxygen atoms in total. The summed E-state index contributed by atoms with van der Waals surface area (Å²) in [4.78, 5) is 34.2. The van der Waals surface area contributed by atoms with E-state index in [2.05, 4.69) is 42.0 Å². The van der Waals surface area contributed by atoms with Crippen LogP contribution in [0.5, 0.6) is 0 Å². The van der Waals surface area contributed by atoms with Crippen molar-refractivity contribution in [2.75, 3.05) is 54.9 Å². The Hall–Kier alpha value is -4.41. The molecule has 1 saturated heterocycles. The fraction of sp³-hybridized carbons (Fsp3) is 0.222. The van der Waals surface area contributed by atoms with Gasteiger partial charge in [0.05, 0.1) is 24.0 Å². The van der Waals surface area contributed by atoms with E-state index in [1.807, 2.05) is 36.4 Å². The summed E-state index contributed by atoms with van der Waals surface area (Å²) in [6.07, 6.45) is 6.48. The molecule has 1 aliphatic rings. The number of hydrogen-bond donors (Lipinski definition) is 3. The highest BCUT2D eigenvalue weighted by Gasteiger charge is 2.17. The number of benzene rings is 1. The van der Waals surface area contributed by atoms with Crippen molar-refractivity contribution in [3.8, 4) is 11.1 Å². The molecule has 1 amide bonds. The molecule has 0 bridgehead atoms. The Morgan fingerprint density at radius 2 is 1.86 bits per heavy atom. The Labute approximate surface area is 214 Å². The Morgan fingerprint density at radius 1 is 1.00 bits per heavy atom. The van der Waals surface area contributed by atoms with Crippen LogP contribution < -0.4 is 15.5 Å². The van der Waals surface area contributed by atoms with Crippen LogP contribution in [-0.2, 0) is 4.79 Å². The van der Waals surface area contributed by atoms with Crippen LogP contribution in [0.2, 0.25) is 0 Å². The van der Waals surface area contributed by atoms with Gasteiger partial charge >= 0.3 is 0 Å². The van der Waals surface area contributed by atoms with E-state index in [1.54, 1.807) is 24.7 Å². The standard InChI is InChI=1S/C27H28N8O2/c1-2-25(37)32-23-8-6-19(16-28-23)22-5-3-4-20-17-30-27(33-26(20)22)31-21-7-9-24(29-18-21)35-12-10-34(11-13-35)14-15-36/h2-9,16-18,36H,1,10-15H2,(H,28,32,37)(H,30,31,33). The normalized spacial score (nSPS) is 13.9. The van der Waals surface area contributed by atoms with E-state index in [9.17, 15) is 4.79 Å². The molecule has 0 spiro atoms. The molecule has 0 saturated carbocycles. The van der Waals surface area contributed by atoms with Crippen molar-refractivity contribution >= 4 is 40.1 Å². The lowest BCUT2D eigenvalue weighted by Gasteiger charge is -2.35. The molecule has 3 aromatic heterocycles. The van der Waals surface area contributed by atoms with Gasteiger partial charge in [0, 0.05) is 61.6 Å². The van der Waals surface area contributed by atoms with Crippen LogP contribution in [0.25, 0.3) is 22.0 Å². The largest absolute Gasteiger partial charge is 0.395 e. The second-order valence-electron chi connectivity index (χ2n) is 8.64. The highest BCUT2D eigenvalue weighted by atomic mass is 16.3. The van der Waals surface area contributed by atoms with Gasteiger partial charge in [0.15, 0.2) is 0 Å². The number of carbonyl (C=O) groups excluding carboxylic acids is 1. The molecule has 4 aromatic rings. The number of hydrogen-bond acceptors (Lipinski definition) is 9. The minimum absolute atomic E-state index is 0.190. The van der Waals surface area contributed by atoms with Gasteiger partial charge in [0.25, 0.3) is 0 Å². The number of anilines is 4. The van der Waals surface area contributed by atoms with Gasteiger partial charge in [-0.2, -0.15) is 0 Å². The Bertz CT molecular complexity index is 1380. The molecule has 37 heavy (non-hydrogen) atoms. The highest BCUT2D eigenvalue weighted by molar-refractivity contribution is 5.98. The molecular formula is C27H28N8O2. The minimum atomic E-state index is -0.308. The number of nitrogens with zero attached hydrogens (tertiary/aromatic N) is 6. The van der Waals surface area contributed by atoms with Crippen LogP contribution in [0, 0.1) is 0 Å². The predicted molar refractivity (Wildman–Crippen MR) is 145 cm³/mol. The molecule has 0 atom stereocenters. The number of aliphatic hydroxyl groups is 1. The average molecular weight is 497 g/mol. The van der Waals surface area contributed by atoms with E-state index in [1.165, 1.54) is 6.08 Å². The first-order valence-corrected chi connectivity index (χ1v) is 12.1. The molecule has 1 aromatic carbocycles. The molecule has 10 heteroatoms. The van der Waals surface area contributed by atoms with Gasteiger partial charge in [-0.1, -0.05) is 24.8 Å². The zero-order valence-electron chi connectivity index (χ0n) is 20.3. The van der Waals surface area contributed by atoms with Crippen molar-refractivity contribution in [2.24, 2.45) is 0 Å². The Kier molecular flexibility index (Phi) is 7.29. The second kappa shape index (κ2) is 11.1. The second-order valence-corrected chi connectivity index (χ2v) is 8.64. The number of nitrogens with one attached hydrogen (secondary N) is 2. The summed E-state index contributed by atoms with van der Waals surface area (Å²) < 4.78 is 0. The number of amides is 1. The number of rotatable bonds is 8. The number of pyridine rings is 2. The molecule has 0 unspecified atom stereocenters. The smallest absolute Gasteiger partial charge is 0.248 e. The van der Waals surface area contributed by atoms with Crippen molar-refractivity contribution in [3.63, 3.8) is 0 Å². The van der Waals surface area contributed by atoms with E-state index < -0.39 is 0 Å². The first-order valence-electron chi connectivity index (χ1n) is 12.1. The molecule has 0 aliphatic carbocycles. The van der Waals surface area contributed by atoms with Gasteiger partial charge < -0.3 is 20.6 Å². The molecule has 0 radical (unpaired) electrons. The Morgan fingerprint density at radius 3 is 2.57 bits per heavy atom. The SMILES string of the molecule is C=CC(=O)Nc1ccc(-c2cccc3cnc(Nc4ccc(N5CCN(CCO)CC5)nc4)nc23)cn1. The predicted octanol–water partition coefficient (Wildman–Crippen LogP) is 3.07. The van der Waals surface area contributed by atoms with Crippen LogP contribution >= 0.6 is 0 Å². The van der Waals surface area contributed by atoms with Gasteiger partial charge in [-0.3, -0.25) is 9.69 Å². The van der Waals surface area contributed by atoms with Crippen LogP contribution in [0.15, 0.2) is 73.7 Å². The van der Waals surface area contributed by atoms with E-state index in [4.69, 9.17) is 10.1 Å². The molecule has 1 aliphatic heterocycles. The number of β-amino-alcohol motifs (C(OH)–C–C–N with tert-alkyl or cyclic N) is 1. The van der Waals surface area contributed by atoms with Crippen LogP contribution in [0.3, 0.4) is 0 Å². The monoisotopic (exact) mass is 496 g/mol. The van der Waals surface area contributed by atoms with Crippen LogP contribution in [0.4, 0.5) is 23.3 Å². The quantitative estimate of drug-likeness (QED) is 0.316. The van der Waals surface area contributed by atoms with E-state index in [0.29, 0.717) is 18.3 Å². The third-order valence-corrected chi connectivity index (χ3v) is 6.24. The third kappa shape index (κ3) is 5.71. The summed E-state index contributed by atoms with van der Waals surface area (Å²) in [5, 5.41) is 15.9. The fourth-order valence-electron chi connectivity index (χ4n) is 4.27. The maximum atomic E-state index is 11.5. The van der Waals surface area contributed by atoms with E-state index >= 15 is 0 Å². The first-order chi connectivity index (χ1) is 18.1. The molecule has 4 heterocycles. The summed E-state index contributed by atoms with van der Waals surface area (Å²) >= 11 is 0. The summed E-state index contributed by atoms with van der Waals surface area (Å²) in [6, 6.07) is 13.5. The topological polar surface area (TPSA) is 119 Å². The van der Waals surface area contributed by atoms with Gasteiger partial charge in [-0.05, 0) is 30.3 Å². The minimum Gasteiger partial charge on any atom is -0.395 e. The van der Waals surface area contributed by atoms with Gasteiger partial charge in [0.2, 0.25) is 11.9 Å². The fourth-order valence-corrected chi connectivity index (χ4v) is 4.27. The van der Waals surface area contributed by atoms with Crippen LogP contribution in [-0.4, -0.2) is 75.2 Å². The molecule has 1 fully saturated rings. The highest BCUT2D eigenvalue weighted by Crippen LogP contribution is 2.28. The number of para-hydroxylation sites is 1. The van der Waals surface area contributed by atoms with Crippen molar-refractivity contribution in [2.45, 2.75) is 0 Å². The number of piperazine rings is 1. The van der Waals surface area contributed by atoms with Gasteiger partial charge in [-0.25, -0.2) is 19.9 Å². The number of aliphatic hydroxyl groups excluding tert-OH is 1. The molecule has 188 valence electrons. The van der Waals surface area contributed by atoms with Gasteiger partial charge in [-0.15, -0.1) is 0 Å². The average Bonchev–Trinajstić information content (AvgIpc) is 2.94. The number of fused-ring (bicyclic) bond motifs is 1. The molecular weight excluding hydrogens is 468 g/mol. The lowest BCUT2D eigenvalue weighted by Crippen LogP contribution is -2.47. The van der Waals surface area contributed by atoms with E-state index in [0.717, 1.165) is 59.7 Å². The zero-order valence-corrected chi connectivity index (χ0v) is 20.3. The lowest BCUT2D eigenvalue weighted by atomic mass is 10.0. The summed E-state index contributed by atoms with van der Waals surface area (Å²) in [5.41, 5.74) is 3.36. The van der Waals surface area contributed by atoms with Crippen molar-refractivity contribution in [1.29, 1.82) is 0 Å². The first kappa shape index (κ1) is 24.3. The maximum absolute atomic E-state index is 11.5. The summed E-state index contributed by atoms with van der Waals surface area (Å²) in [7, 11) is 0. The lowest BCUT2D eigenvalue weighted by molar-refractivity contribution is -0.111. The van der Waals surface area contributed by atoms with Crippen LogP contribution in [0.1, 0.15) is 0 Å². The number of aromatic nitrogens is 4. The number of carbonyl (C=O) groups is 1.